The molecule has 0 amide bonds. The minimum absolute atomic E-state index is 0.212. The maximum atomic E-state index is 13.1. The summed E-state index contributed by atoms with van der Waals surface area (Å²) < 4.78 is 28.9. The van der Waals surface area contributed by atoms with E-state index in [2.05, 4.69) is 20.5 Å². The van der Waals surface area contributed by atoms with E-state index in [0.717, 1.165) is 20.1 Å². The van der Waals surface area contributed by atoms with Gasteiger partial charge >= 0.3 is 0 Å². The Labute approximate surface area is 143 Å². The van der Waals surface area contributed by atoms with E-state index < -0.39 is 12.2 Å². The van der Waals surface area contributed by atoms with Gasteiger partial charge in [-0.1, -0.05) is 0 Å². The normalized spacial score (nSPS) is 11.5. The van der Waals surface area contributed by atoms with Crippen LogP contribution in [0.3, 0.4) is 0 Å². The molecule has 10 heteroatoms. The highest BCUT2D eigenvalue weighted by molar-refractivity contribution is 7.15. The summed E-state index contributed by atoms with van der Waals surface area (Å²) in [7, 11) is 0. The van der Waals surface area contributed by atoms with Gasteiger partial charge in [-0.15, -0.1) is 16.4 Å². The van der Waals surface area contributed by atoms with Crippen LogP contribution in [0.5, 0.6) is 0 Å². The number of pyridine rings is 1. The van der Waals surface area contributed by atoms with Crippen molar-refractivity contribution in [2.24, 2.45) is 0 Å². The van der Waals surface area contributed by atoms with E-state index in [-0.39, 0.29) is 5.69 Å². The van der Waals surface area contributed by atoms with E-state index >= 15 is 0 Å². The predicted octanol–water partition coefficient (Wildman–Crippen LogP) is 3.10. The zero-order valence-corrected chi connectivity index (χ0v) is 13.6. The Morgan fingerprint density at radius 1 is 1.32 bits per heavy atom. The van der Waals surface area contributed by atoms with Crippen LogP contribution in [-0.4, -0.2) is 35.9 Å². The molecule has 126 valence electrons. The summed E-state index contributed by atoms with van der Waals surface area (Å²) in [6.07, 6.45) is 1.02. The number of carbonyl (C=O) groups excluding carboxylic acids is 1. The van der Waals surface area contributed by atoms with Crippen molar-refractivity contribution in [1.29, 1.82) is 0 Å². The third-order valence-electron chi connectivity index (χ3n) is 3.65. The number of carbonyl (C=O) groups is 1. The minimum atomic E-state index is -2.86. The minimum Gasteiger partial charge on any atom is -0.298 e. The fourth-order valence-electron chi connectivity index (χ4n) is 2.57. The number of thiophene rings is 1. The summed E-state index contributed by atoms with van der Waals surface area (Å²) in [5, 5.41) is 10.3. The second-order valence-corrected chi connectivity index (χ2v) is 6.56. The highest BCUT2D eigenvalue weighted by Gasteiger charge is 2.22. The fourth-order valence-corrected chi connectivity index (χ4v) is 3.44. The summed E-state index contributed by atoms with van der Waals surface area (Å²) in [6.45, 7) is 1.98. The number of alkyl halides is 2. The molecule has 25 heavy (non-hydrogen) atoms. The van der Waals surface area contributed by atoms with Gasteiger partial charge in [-0.2, -0.15) is 4.68 Å². The van der Waals surface area contributed by atoms with Crippen LogP contribution in [0.1, 0.15) is 27.5 Å². The van der Waals surface area contributed by atoms with Crippen LogP contribution in [0, 0.1) is 6.92 Å². The maximum Gasteiger partial charge on any atom is 0.299 e. The van der Waals surface area contributed by atoms with Crippen molar-refractivity contribution in [3.05, 3.63) is 46.9 Å². The molecule has 0 aliphatic carbocycles. The van der Waals surface area contributed by atoms with Gasteiger partial charge in [-0.3, -0.25) is 9.20 Å². The number of aromatic nitrogens is 6. The van der Waals surface area contributed by atoms with Crippen molar-refractivity contribution >= 4 is 23.3 Å². The topological polar surface area (TPSA) is 78.0 Å². The average molecular weight is 360 g/mol. The first-order valence-corrected chi connectivity index (χ1v) is 8.00. The van der Waals surface area contributed by atoms with Gasteiger partial charge in [-0.05, 0) is 35.5 Å². The van der Waals surface area contributed by atoms with Crippen LogP contribution in [0.2, 0.25) is 0 Å². The van der Waals surface area contributed by atoms with Crippen LogP contribution >= 0.6 is 11.3 Å². The van der Waals surface area contributed by atoms with Gasteiger partial charge in [0.15, 0.2) is 11.9 Å². The number of imidazole rings is 1. The first-order chi connectivity index (χ1) is 12.1. The first-order valence-electron chi connectivity index (χ1n) is 7.18. The quantitative estimate of drug-likeness (QED) is 0.523. The molecule has 0 saturated heterocycles. The molecule has 4 aromatic heterocycles. The number of hydrogen-bond donors (Lipinski definition) is 0. The fraction of sp³-hybridized carbons (Fsp3) is 0.133. The van der Waals surface area contributed by atoms with Gasteiger partial charge in [-0.25, -0.2) is 13.8 Å². The standard InChI is InChI=1S/C15H10F2N6OS/c1-8-2-3-12(25-8)11-5-18-14-10(4-9(7-24)6-22(11)14)23-15(13(16)17)19-20-21-23/h2-7,13H,1H3. The van der Waals surface area contributed by atoms with Crippen LogP contribution < -0.4 is 0 Å². The van der Waals surface area contributed by atoms with E-state index in [1.165, 1.54) is 6.07 Å². The van der Waals surface area contributed by atoms with Crippen molar-refractivity contribution in [2.45, 2.75) is 13.3 Å². The number of rotatable bonds is 4. The van der Waals surface area contributed by atoms with Gasteiger partial charge in [0.05, 0.1) is 16.8 Å². The number of hydrogen-bond acceptors (Lipinski definition) is 6. The molecule has 0 radical (unpaired) electrons. The highest BCUT2D eigenvalue weighted by atomic mass is 32.1. The predicted molar refractivity (Wildman–Crippen MR) is 86.3 cm³/mol. The Morgan fingerprint density at radius 2 is 2.16 bits per heavy atom. The van der Waals surface area contributed by atoms with E-state index in [1.807, 2.05) is 19.1 Å². The Balaban J connectivity index is 2.01. The van der Waals surface area contributed by atoms with Gasteiger partial charge in [0.25, 0.3) is 6.43 Å². The lowest BCUT2D eigenvalue weighted by atomic mass is 10.2. The number of halogens is 2. The van der Waals surface area contributed by atoms with Crippen molar-refractivity contribution < 1.29 is 13.6 Å². The second-order valence-electron chi connectivity index (χ2n) is 5.27. The lowest BCUT2D eigenvalue weighted by Gasteiger charge is -2.08. The zero-order valence-electron chi connectivity index (χ0n) is 12.8. The molecule has 0 unspecified atom stereocenters. The molecular weight excluding hydrogens is 350 g/mol. The molecule has 0 bridgehead atoms. The number of nitrogens with zero attached hydrogens (tertiary/aromatic N) is 6. The smallest absolute Gasteiger partial charge is 0.298 e. The Kier molecular flexibility index (Phi) is 3.61. The highest BCUT2D eigenvalue weighted by Crippen LogP contribution is 2.30. The molecule has 0 aliphatic heterocycles. The monoisotopic (exact) mass is 360 g/mol. The number of fused-ring (bicyclic) bond motifs is 1. The van der Waals surface area contributed by atoms with E-state index in [0.29, 0.717) is 17.5 Å². The molecule has 0 fully saturated rings. The number of tetrazole rings is 1. The summed E-state index contributed by atoms with van der Waals surface area (Å²) in [6, 6.07) is 5.35. The molecule has 4 rings (SSSR count). The number of aryl methyl sites for hydroxylation is 1. The molecule has 0 atom stereocenters. The SMILES string of the molecule is Cc1ccc(-c2cnc3c(-n4nnnc4C(F)F)cc(C=O)cn23)s1. The summed E-state index contributed by atoms with van der Waals surface area (Å²) in [4.78, 5) is 17.7. The second kappa shape index (κ2) is 5.81. The maximum absolute atomic E-state index is 13.1. The van der Waals surface area contributed by atoms with Crippen molar-refractivity contribution in [2.75, 3.05) is 0 Å². The van der Waals surface area contributed by atoms with Crippen LogP contribution in [0.25, 0.3) is 21.9 Å². The molecular formula is C15H10F2N6OS. The van der Waals surface area contributed by atoms with E-state index in [4.69, 9.17) is 0 Å². The molecule has 0 spiro atoms. The van der Waals surface area contributed by atoms with Gasteiger partial charge in [0, 0.05) is 16.6 Å². The largest absolute Gasteiger partial charge is 0.299 e. The summed E-state index contributed by atoms with van der Waals surface area (Å²) in [5.41, 5.74) is 1.64. The van der Waals surface area contributed by atoms with Crippen LogP contribution in [0.4, 0.5) is 8.78 Å². The third-order valence-corrected chi connectivity index (χ3v) is 4.68. The van der Waals surface area contributed by atoms with Gasteiger partial charge in [0.1, 0.15) is 5.69 Å². The summed E-state index contributed by atoms with van der Waals surface area (Å²) >= 11 is 1.57. The van der Waals surface area contributed by atoms with Crippen molar-refractivity contribution in [1.82, 2.24) is 29.6 Å². The van der Waals surface area contributed by atoms with Crippen LogP contribution in [0.15, 0.2) is 30.6 Å². The van der Waals surface area contributed by atoms with Crippen molar-refractivity contribution in [3.8, 4) is 16.3 Å². The van der Waals surface area contributed by atoms with Crippen LogP contribution in [-0.2, 0) is 0 Å². The van der Waals surface area contributed by atoms with E-state index in [1.54, 1.807) is 28.1 Å². The third kappa shape index (κ3) is 2.50. The molecule has 7 nitrogen and oxygen atoms in total. The zero-order chi connectivity index (χ0) is 17.6. The van der Waals surface area contributed by atoms with E-state index in [9.17, 15) is 13.6 Å². The average Bonchev–Trinajstić information content (AvgIpc) is 3.32. The van der Waals surface area contributed by atoms with Crippen molar-refractivity contribution in [3.63, 3.8) is 0 Å². The lowest BCUT2D eigenvalue weighted by Crippen LogP contribution is -2.07. The Morgan fingerprint density at radius 3 is 2.84 bits per heavy atom. The first kappa shape index (κ1) is 15.5. The van der Waals surface area contributed by atoms with Gasteiger partial charge < -0.3 is 0 Å². The molecule has 0 aromatic carbocycles. The number of aldehydes is 1. The molecule has 0 aliphatic rings. The molecule has 4 heterocycles. The molecule has 0 saturated carbocycles. The molecule has 4 aromatic rings. The van der Waals surface area contributed by atoms with Gasteiger partial charge in [0.2, 0.25) is 5.82 Å². The Hall–Kier alpha value is -3.01. The lowest BCUT2D eigenvalue weighted by molar-refractivity contribution is 0.112. The molecule has 0 N–H and O–H groups in total. The Bertz CT molecular complexity index is 1080. The summed E-state index contributed by atoms with van der Waals surface area (Å²) in [5.74, 6) is -0.610.